The van der Waals surface area contributed by atoms with E-state index in [0.717, 1.165) is 77.0 Å². The van der Waals surface area contributed by atoms with Crippen molar-refractivity contribution in [3.8, 4) is 0 Å². The minimum atomic E-state index is -1.11. The highest BCUT2D eigenvalue weighted by molar-refractivity contribution is 7.80. The Morgan fingerprint density at radius 1 is 0.625 bits per heavy atom. The van der Waals surface area contributed by atoms with Gasteiger partial charge in [-0.15, -0.1) is 12.6 Å². The van der Waals surface area contributed by atoms with Gasteiger partial charge in [0.15, 0.2) is 6.29 Å². The van der Waals surface area contributed by atoms with Crippen LogP contribution in [0.3, 0.4) is 0 Å². The highest BCUT2D eigenvalue weighted by Gasteiger charge is 2.48. The summed E-state index contributed by atoms with van der Waals surface area (Å²) in [6.45, 7) is 19.2. The molecule has 9 atom stereocenters. The predicted octanol–water partition coefficient (Wildman–Crippen LogP) is 7.12. The Balaban J connectivity index is 3.25. The maximum atomic E-state index is 11.7. The molecule has 0 aromatic carbocycles. The SMILES string of the molecule is CCCCOCC1O[C@H](O[C@H](COCCCC)[C@@H](S)OC(COCCCC)[C@H](C)OCCCC)[C@H](O)C(OCCCC)[C@@H]1OCCCC. The summed E-state index contributed by atoms with van der Waals surface area (Å²) in [6.07, 6.45) is 6.67. The van der Waals surface area contributed by atoms with Gasteiger partial charge in [0.05, 0.1) is 25.9 Å². The highest BCUT2D eigenvalue weighted by atomic mass is 32.1. The lowest BCUT2D eigenvalue weighted by atomic mass is 9.98. The molecule has 11 heteroatoms. The number of rotatable bonds is 33. The fraction of sp³-hybridized carbons (Fsp3) is 1.00. The van der Waals surface area contributed by atoms with Crippen molar-refractivity contribution in [2.45, 2.75) is 180 Å². The molecule has 0 bridgehead atoms. The quantitative estimate of drug-likeness (QED) is 0.0416. The molecule has 48 heavy (non-hydrogen) atoms. The van der Waals surface area contributed by atoms with Gasteiger partial charge in [0.25, 0.3) is 0 Å². The minimum absolute atomic E-state index is 0.213. The topological polar surface area (TPSA) is 103 Å². The Morgan fingerprint density at radius 2 is 1.10 bits per heavy atom. The van der Waals surface area contributed by atoms with E-state index < -0.39 is 42.2 Å². The van der Waals surface area contributed by atoms with E-state index in [1.165, 1.54) is 0 Å². The van der Waals surface area contributed by atoms with Crippen LogP contribution in [0.25, 0.3) is 0 Å². The van der Waals surface area contributed by atoms with Crippen LogP contribution in [0.4, 0.5) is 0 Å². The van der Waals surface area contributed by atoms with Gasteiger partial charge in [-0.1, -0.05) is 80.1 Å². The average molecular weight is 711 g/mol. The summed E-state index contributed by atoms with van der Waals surface area (Å²) >= 11 is 4.90. The summed E-state index contributed by atoms with van der Waals surface area (Å²) in [5, 5.41) is 11.7. The lowest BCUT2D eigenvalue weighted by Crippen LogP contribution is -2.62. The number of thiol groups is 1. The first-order chi connectivity index (χ1) is 23.4. The van der Waals surface area contributed by atoms with Crippen LogP contribution < -0.4 is 0 Å². The first-order valence-corrected chi connectivity index (χ1v) is 19.8. The number of hydrogen-bond donors (Lipinski definition) is 2. The van der Waals surface area contributed by atoms with Gasteiger partial charge >= 0.3 is 0 Å². The van der Waals surface area contributed by atoms with E-state index in [-0.39, 0.29) is 18.8 Å². The first-order valence-electron chi connectivity index (χ1n) is 19.3. The lowest BCUT2D eigenvalue weighted by molar-refractivity contribution is -0.331. The van der Waals surface area contributed by atoms with Crippen molar-refractivity contribution in [2.24, 2.45) is 0 Å². The van der Waals surface area contributed by atoms with Crippen LogP contribution in [0.1, 0.15) is 126 Å². The van der Waals surface area contributed by atoms with Gasteiger partial charge in [0, 0.05) is 39.6 Å². The third kappa shape index (κ3) is 19.5. The zero-order valence-electron chi connectivity index (χ0n) is 31.6. The van der Waals surface area contributed by atoms with Crippen LogP contribution in [0.15, 0.2) is 0 Å². The predicted molar refractivity (Wildman–Crippen MR) is 194 cm³/mol. The molecule has 288 valence electrons. The van der Waals surface area contributed by atoms with Crippen LogP contribution >= 0.6 is 12.6 Å². The fourth-order valence-electron chi connectivity index (χ4n) is 5.03. The number of aliphatic hydroxyl groups excluding tert-OH is 1. The average Bonchev–Trinajstić information content (AvgIpc) is 3.08. The number of aliphatic hydroxyl groups is 1. The van der Waals surface area contributed by atoms with Gasteiger partial charge in [-0.3, -0.25) is 0 Å². The molecule has 1 aliphatic rings. The molecule has 10 nitrogen and oxygen atoms in total. The Labute approximate surface area is 299 Å². The normalized spacial score (nSPS) is 24.1. The molecule has 0 aromatic rings. The van der Waals surface area contributed by atoms with Gasteiger partial charge in [-0.2, -0.15) is 0 Å². The van der Waals surface area contributed by atoms with E-state index in [1.54, 1.807) is 0 Å². The second kappa shape index (κ2) is 30.6. The van der Waals surface area contributed by atoms with Gasteiger partial charge < -0.3 is 47.7 Å². The van der Waals surface area contributed by atoms with Crippen molar-refractivity contribution in [2.75, 3.05) is 59.5 Å². The number of unbranched alkanes of at least 4 members (excludes halogenated alkanes) is 6. The van der Waals surface area contributed by atoms with Crippen molar-refractivity contribution in [1.82, 2.24) is 0 Å². The summed E-state index contributed by atoms with van der Waals surface area (Å²) in [4.78, 5) is 0. The van der Waals surface area contributed by atoms with E-state index in [4.69, 9.17) is 55.3 Å². The second-order valence-electron chi connectivity index (χ2n) is 12.9. The third-order valence-electron chi connectivity index (χ3n) is 8.35. The zero-order valence-corrected chi connectivity index (χ0v) is 32.5. The number of hydrogen-bond acceptors (Lipinski definition) is 11. The van der Waals surface area contributed by atoms with E-state index in [0.29, 0.717) is 52.9 Å². The smallest absolute Gasteiger partial charge is 0.187 e. The molecule has 1 N–H and O–H groups in total. The summed E-state index contributed by atoms with van der Waals surface area (Å²) in [7, 11) is 0. The summed E-state index contributed by atoms with van der Waals surface area (Å²) in [5.41, 5.74) is -0.711. The molecular weight excluding hydrogens is 636 g/mol. The highest BCUT2D eigenvalue weighted by Crippen LogP contribution is 2.30. The van der Waals surface area contributed by atoms with Crippen molar-refractivity contribution < 1.29 is 47.7 Å². The maximum absolute atomic E-state index is 11.7. The van der Waals surface area contributed by atoms with E-state index in [2.05, 4.69) is 41.5 Å². The van der Waals surface area contributed by atoms with E-state index in [9.17, 15) is 5.11 Å². The van der Waals surface area contributed by atoms with Gasteiger partial charge in [0.2, 0.25) is 0 Å². The molecule has 0 aliphatic carbocycles. The van der Waals surface area contributed by atoms with Crippen molar-refractivity contribution in [1.29, 1.82) is 0 Å². The van der Waals surface area contributed by atoms with Crippen molar-refractivity contribution in [3.63, 3.8) is 0 Å². The third-order valence-corrected chi connectivity index (χ3v) is 8.80. The molecule has 0 saturated carbocycles. The van der Waals surface area contributed by atoms with Crippen molar-refractivity contribution in [3.05, 3.63) is 0 Å². The second-order valence-corrected chi connectivity index (χ2v) is 13.4. The molecule has 3 unspecified atom stereocenters. The van der Waals surface area contributed by atoms with Crippen molar-refractivity contribution >= 4 is 12.6 Å². The van der Waals surface area contributed by atoms with Crippen LogP contribution in [-0.4, -0.2) is 119 Å². The molecule has 0 amide bonds. The minimum Gasteiger partial charge on any atom is -0.385 e. The van der Waals surface area contributed by atoms with E-state index in [1.807, 2.05) is 6.92 Å². The van der Waals surface area contributed by atoms with Crippen LogP contribution in [0.5, 0.6) is 0 Å². The van der Waals surface area contributed by atoms with Gasteiger partial charge in [-0.25, -0.2) is 0 Å². The zero-order chi connectivity index (χ0) is 35.4. The largest absolute Gasteiger partial charge is 0.385 e. The van der Waals surface area contributed by atoms with Gasteiger partial charge in [-0.05, 0) is 45.4 Å². The summed E-state index contributed by atoms with van der Waals surface area (Å²) < 4.78 is 56.4. The summed E-state index contributed by atoms with van der Waals surface area (Å²) in [6, 6.07) is 0. The molecule has 1 aliphatic heterocycles. The van der Waals surface area contributed by atoms with E-state index >= 15 is 0 Å². The maximum Gasteiger partial charge on any atom is 0.187 e. The molecule has 0 spiro atoms. The molecule has 1 fully saturated rings. The lowest BCUT2D eigenvalue weighted by Gasteiger charge is -2.45. The summed E-state index contributed by atoms with van der Waals surface area (Å²) in [5.74, 6) is 0. The Bertz CT molecular complexity index is 707. The molecular formula is C37H74O10S. The molecule has 1 rings (SSSR count). The van der Waals surface area contributed by atoms with Crippen LogP contribution in [0, 0.1) is 0 Å². The number of ether oxygens (including phenoxy) is 9. The Hall–Kier alpha value is -0.0500. The standard InChI is InChI=1S/C37H74O10S/c1-8-14-20-39-26-30(29(7)42-23-17-11-4)47-37(48)32(28-41-22-16-10-3)46-36-33(38)35(44-25-19-13-6)34(43-24-18-12-5)31(45-36)27-40-21-15-9-2/h29-38,48H,8-28H2,1-7H3/t29-,30?,31?,32+,33+,34+,35?,36+,37+/m0/s1. The Kier molecular flexibility index (Phi) is 29.3. The van der Waals surface area contributed by atoms with Gasteiger partial charge in [0.1, 0.15) is 42.1 Å². The fourth-order valence-corrected chi connectivity index (χ4v) is 5.35. The molecule has 0 radical (unpaired) electrons. The Morgan fingerprint density at radius 3 is 1.67 bits per heavy atom. The molecule has 1 saturated heterocycles. The monoisotopic (exact) mass is 711 g/mol. The van der Waals surface area contributed by atoms with Crippen LogP contribution in [-0.2, 0) is 42.6 Å². The van der Waals surface area contributed by atoms with Crippen LogP contribution in [0.2, 0.25) is 0 Å². The molecule has 1 heterocycles. The first kappa shape index (κ1) is 46.0. The molecule has 0 aromatic heterocycles.